The quantitative estimate of drug-likeness (QED) is 0.826. The van der Waals surface area contributed by atoms with Gasteiger partial charge in [-0.1, -0.05) is 29.3 Å². The highest BCUT2D eigenvalue weighted by Crippen LogP contribution is 2.39. The summed E-state index contributed by atoms with van der Waals surface area (Å²) in [4.78, 5) is 0.0504. The number of thiophene rings is 1. The van der Waals surface area contributed by atoms with Crippen molar-refractivity contribution in [3.63, 3.8) is 0 Å². The number of hydrogen-bond donors (Lipinski definition) is 1. The SMILES string of the molecule is Nc1ccc2c(c1)N(S(=O)(=O)c1cc(Cl)sc1Cl)CCC2. The normalized spacial score (nSPS) is 15.0. The maximum absolute atomic E-state index is 12.8. The van der Waals surface area contributed by atoms with Gasteiger partial charge in [0.1, 0.15) is 9.23 Å². The number of nitrogens with zero attached hydrogens (tertiary/aromatic N) is 1. The number of benzene rings is 1. The summed E-state index contributed by atoms with van der Waals surface area (Å²) in [5.41, 5.74) is 7.92. The molecule has 0 fully saturated rings. The van der Waals surface area contributed by atoms with Gasteiger partial charge in [0.25, 0.3) is 10.0 Å². The van der Waals surface area contributed by atoms with E-state index in [1.165, 1.54) is 10.4 Å². The molecule has 0 amide bonds. The molecular weight excluding hydrogens is 351 g/mol. The van der Waals surface area contributed by atoms with Gasteiger partial charge in [-0.3, -0.25) is 4.31 Å². The summed E-state index contributed by atoms with van der Waals surface area (Å²) < 4.78 is 27.6. The third kappa shape index (κ3) is 2.61. The average molecular weight is 363 g/mol. The third-order valence-corrected chi connectivity index (χ3v) is 6.95. The van der Waals surface area contributed by atoms with Crippen molar-refractivity contribution in [2.75, 3.05) is 16.6 Å². The highest BCUT2D eigenvalue weighted by Gasteiger charge is 2.32. The molecule has 0 spiro atoms. The average Bonchev–Trinajstić information content (AvgIpc) is 2.77. The molecule has 0 unspecified atom stereocenters. The molecule has 2 heterocycles. The van der Waals surface area contributed by atoms with E-state index in [9.17, 15) is 8.42 Å². The zero-order valence-electron chi connectivity index (χ0n) is 10.8. The van der Waals surface area contributed by atoms with Gasteiger partial charge in [0.2, 0.25) is 0 Å². The molecule has 0 aliphatic carbocycles. The van der Waals surface area contributed by atoms with E-state index in [1.807, 2.05) is 6.07 Å². The molecule has 0 atom stereocenters. The Labute approximate surface area is 137 Å². The minimum Gasteiger partial charge on any atom is -0.399 e. The summed E-state index contributed by atoms with van der Waals surface area (Å²) in [6, 6.07) is 6.73. The second kappa shape index (κ2) is 5.35. The molecule has 4 nitrogen and oxygen atoms in total. The van der Waals surface area contributed by atoms with Crippen LogP contribution in [0, 0.1) is 0 Å². The molecule has 8 heteroatoms. The van der Waals surface area contributed by atoms with E-state index in [4.69, 9.17) is 28.9 Å². The molecule has 2 N–H and O–H groups in total. The number of hydrogen-bond acceptors (Lipinski definition) is 4. The molecule has 3 rings (SSSR count). The predicted molar refractivity (Wildman–Crippen MR) is 88.0 cm³/mol. The van der Waals surface area contributed by atoms with Crippen LogP contribution in [0.5, 0.6) is 0 Å². The van der Waals surface area contributed by atoms with Gasteiger partial charge in [0.05, 0.1) is 10.0 Å². The van der Waals surface area contributed by atoms with E-state index in [1.54, 1.807) is 12.1 Å². The molecule has 112 valence electrons. The Kier molecular flexibility index (Phi) is 3.81. The highest BCUT2D eigenvalue weighted by molar-refractivity contribution is 7.93. The summed E-state index contributed by atoms with van der Waals surface area (Å²) in [6.45, 7) is 0.405. The van der Waals surface area contributed by atoms with Gasteiger partial charge in [-0.15, -0.1) is 11.3 Å². The first-order valence-electron chi connectivity index (χ1n) is 6.25. The zero-order chi connectivity index (χ0) is 15.2. The number of nitrogens with two attached hydrogens (primary N) is 1. The van der Waals surface area contributed by atoms with Gasteiger partial charge in [-0.05, 0) is 36.6 Å². The van der Waals surface area contributed by atoms with E-state index in [0.29, 0.717) is 22.3 Å². The van der Waals surface area contributed by atoms with Crippen LogP contribution in [-0.4, -0.2) is 15.0 Å². The van der Waals surface area contributed by atoms with Crippen LogP contribution in [0.2, 0.25) is 8.67 Å². The fourth-order valence-corrected chi connectivity index (χ4v) is 6.08. The van der Waals surface area contributed by atoms with Crippen molar-refractivity contribution in [3.05, 3.63) is 38.5 Å². The number of halogens is 2. The van der Waals surface area contributed by atoms with E-state index in [-0.39, 0.29) is 9.23 Å². The smallest absolute Gasteiger partial charge is 0.266 e. The maximum atomic E-state index is 12.8. The summed E-state index contributed by atoms with van der Waals surface area (Å²) >= 11 is 12.9. The van der Waals surface area contributed by atoms with Gasteiger partial charge >= 0.3 is 0 Å². The van der Waals surface area contributed by atoms with E-state index in [2.05, 4.69) is 0 Å². The third-order valence-electron chi connectivity index (χ3n) is 3.38. The number of fused-ring (bicyclic) bond motifs is 1. The van der Waals surface area contributed by atoms with Gasteiger partial charge in [-0.25, -0.2) is 8.42 Å². The molecule has 1 aromatic carbocycles. The maximum Gasteiger partial charge on any atom is 0.266 e. The van der Waals surface area contributed by atoms with Crippen molar-refractivity contribution in [3.8, 4) is 0 Å². The topological polar surface area (TPSA) is 63.4 Å². The first-order valence-corrected chi connectivity index (χ1v) is 9.27. The van der Waals surface area contributed by atoms with Crippen LogP contribution < -0.4 is 10.0 Å². The Balaban J connectivity index is 2.14. The molecule has 1 aliphatic heterocycles. The number of sulfonamides is 1. The van der Waals surface area contributed by atoms with Crippen molar-refractivity contribution in [2.45, 2.75) is 17.7 Å². The van der Waals surface area contributed by atoms with Crippen LogP contribution in [0.15, 0.2) is 29.2 Å². The molecule has 0 bridgehead atoms. The number of anilines is 2. The van der Waals surface area contributed by atoms with Crippen molar-refractivity contribution >= 4 is 55.9 Å². The molecule has 0 saturated heterocycles. The molecule has 1 aromatic heterocycles. The van der Waals surface area contributed by atoms with E-state index >= 15 is 0 Å². The first kappa shape index (κ1) is 15.0. The van der Waals surface area contributed by atoms with Crippen LogP contribution in [0.3, 0.4) is 0 Å². The Morgan fingerprint density at radius 2 is 2.00 bits per heavy atom. The lowest BCUT2D eigenvalue weighted by atomic mass is 10.0. The highest BCUT2D eigenvalue weighted by atomic mass is 35.5. The fourth-order valence-electron chi connectivity index (χ4n) is 2.43. The van der Waals surface area contributed by atoms with E-state index in [0.717, 1.165) is 29.7 Å². The lowest BCUT2D eigenvalue weighted by Crippen LogP contribution is -2.35. The monoisotopic (exact) mass is 362 g/mol. The first-order chi connectivity index (χ1) is 9.89. The van der Waals surface area contributed by atoms with Gasteiger partial charge in [0, 0.05) is 12.2 Å². The van der Waals surface area contributed by atoms with Gasteiger partial charge < -0.3 is 5.73 Å². The van der Waals surface area contributed by atoms with Gasteiger partial charge in [0.15, 0.2) is 0 Å². The zero-order valence-corrected chi connectivity index (χ0v) is 14.0. The van der Waals surface area contributed by atoms with Crippen LogP contribution in [0.4, 0.5) is 11.4 Å². The second-order valence-corrected chi connectivity index (χ2v) is 8.87. The Hall–Kier alpha value is -0.950. The number of rotatable bonds is 2. The van der Waals surface area contributed by atoms with Crippen LogP contribution in [0.25, 0.3) is 0 Å². The summed E-state index contributed by atoms with van der Waals surface area (Å²) in [5.74, 6) is 0. The molecule has 0 radical (unpaired) electrons. The lowest BCUT2D eigenvalue weighted by Gasteiger charge is -2.30. The van der Waals surface area contributed by atoms with Gasteiger partial charge in [-0.2, -0.15) is 0 Å². The Bertz CT molecular complexity index is 802. The number of aryl methyl sites for hydroxylation is 1. The van der Waals surface area contributed by atoms with Crippen LogP contribution in [0.1, 0.15) is 12.0 Å². The summed E-state index contributed by atoms with van der Waals surface area (Å²) in [6.07, 6.45) is 1.59. The van der Waals surface area contributed by atoms with Crippen LogP contribution >= 0.6 is 34.5 Å². The Morgan fingerprint density at radius 1 is 1.24 bits per heavy atom. The van der Waals surface area contributed by atoms with Crippen molar-refractivity contribution in [2.24, 2.45) is 0 Å². The minimum atomic E-state index is -3.73. The molecule has 21 heavy (non-hydrogen) atoms. The van der Waals surface area contributed by atoms with Crippen LogP contribution in [-0.2, 0) is 16.4 Å². The van der Waals surface area contributed by atoms with Crippen molar-refractivity contribution < 1.29 is 8.42 Å². The molecular formula is C13H12Cl2N2O2S2. The number of nitrogen functional groups attached to an aromatic ring is 1. The van der Waals surface area contributed by atoms with E-state index < -0.39 is 10.0 Å². The standard InChI is InChI=1S/C13H12Cl2N2O2S2/c14-12-7-11(13(15)20-12)21(18,19)17-5-1-2-8-3-4-9(16)6-10(8)17/h3-4,6-7H,1-2,5,16H2. The minimum absolute atomic E-state index is 0.0504. The largest absolute Gasteiger partial charge is 0.399 e. The molecule has 2 aromatic rings. The Morgan fingerprint density at radius 3 is 2.67 bits per heavy atom. The second-order valence-electron chi connectivity index (χ2n) is 4.76. The van der Waals surface area contributed by atoms with Crippen molar-refractivity contribution in [1.29, 1.82) is 0 Å². The summed E-state index contributed by atoms with van der Waals surface area (Å²) in [7, 11) is -3.73. The fraction of sp³-hybridized carbons (Fsp3) is 0.231. The molecule has 1 aliphatic rings. The predicted octanol–water partition coefficient (Wildman–Crippen LogP) is 3.78. The molecule has 0 saturated carbocycles. The lowest BCUT2D eigenvalue weighted by molar-refractivity contribution is 0.587. The van der Waals surface area contributed by atoms with Crippen molar-refractivity contribution in [1.82, 2.24) is 0 Å². The summed E-state index contributed by atoms with van der Waals surface area (Å²) in [5, 5.41) is 0.